The summed E-state index contributed by atoms with van der Waals surface area (Å²) in [6, 6.07) is 1.09. The van der Waals surface area contributed by atoms with Crippen molar-refractivity contribution in [1.82, 2.24) is 10.5 Å². The van der Waals surface area contributed by atoms with Crippen molar-refractivity contribution in [3.05, 3.63) is 11.8 Å². The predicted octanol–water partition coefficient (Wildman–Crippen LogP) is 0.682. The molecule has 0 saturated carbocycles. The lowest BCUT2D eigenvalue weighted by molar-refractivity contribution is 0.242. The van der Waals surface area contributed by atoms with Crippen LogP contribution in [0.1, 0.15) is 19.1 Å². The van der Waals surface area contributed by atoms with Crippen molar-refractivity contribution in [2.75, 3.05) is 16.8 Å². The number of aryl methyl sites for hydroxylation is 1. The van der Waals surface area contributed by atoms with Gasteiger partial charge in [-0.05, 0) is 20.3 Å². The first kappa shape index (κ1) is 12.9. The molecule has 0 spiro atoms. The summed E-state index contributed by atoms with van der Waals surface area (Å²) < 4.78 is 27.6. The minimum Gasteiger partial charge on any atom is -0.360 e. The number of nitrogens with one attached hydrogen (secondary N) is 2. The maximum absolute atomic E-state index is 11.7. The third kappa shape index (κ3) is 3.00. The summed E-state index contributed by atoms with van der Waals surface area (Å²) in [7, 11) is -3.04. The van der Waals surface area contributed by atoms with Crippen molar-refractivity contribution in [3.63, 3.8) is 0 Å². The first-order valence-corrected chi connectivity index (χ1v) is 7.33. The Morgan fingerprint density at radius 3 is 2.78 bits per heavy atom. The number of nitrogens with zero attached hydrogens (tertiary/aromatic N) is 1. The zero-order valence-electron chi connectivity index (χ0n) is 10.2. The SMILES string of the molecule is Cc1cc(NC(=O)NC2(C)CCS(=O)(=O)C2)no1. The second-order valence-corrected chi connectivity index (χ2v) is 6.99. The van der Waals surface area contributed by atoms with Crippen LogP contribution >= 0.6 is 0 Å². The van der Waals surface area contributed by atoms with Crippen LogP contribution in [0.5, 0.6) is 0 Å². The van der Waals surface area contributed by atoms with E-state index >= 15 is 0 Å². The average Bonchev–Trinajstić information content (AvgIpc) is 2.70. The Balaban J connectivity index is 1.96. The Labute approximate surface area is 105 Å². The van der Waals surface area contributed by atoms with Gasteiger partial charge < -0.3 is 9.84 Å². The first-order valence-electron chi connectivity index (χ1n) is 5.51. The number of rotatable bonds is 2. The highest BCUT2D eigenvalue weighted by Gasteiger charge is 2.39. The lowest BCUT2D eigenvalue weighted by Gasteiger charge is -2.23. The van der Waals surface area contributed by atoms with E-state index in [4.69, 9.17) is 4.52 Å². The van der Waals surface area contributed by atoms with E-state index in [2.05, 4.69) is 15.8 Å². The number of hydrogen-bond acceptors (Lipinski definition) is 5. The van der Waals surface area contributed by atoms with Gasteiger partial charge in [0, 0.05) is 6.07 Å². The standard InChI is InChI=1S/C10H15N3O4S/c1-7-5-8(13-17-7)11-9(14)12-10(2)3-4-18(15,16)6-10/h5H,3-4,6H2,1-2H3,(H2,11,12,13,14). The van der Waals surface area contributed by atoms with Gasteiger partial charge in [0.2, 0.25) is 0 Å². The summed E-state index contributed by atoms with van der Waals surface area (Å²) in [5, 5.41) is 8.77. The Morgan fingerprint density at radius 1 is 1.56 bits per heavy atom. The maximum atomic E-state index is 11.7. The molecule has 2 heterocycles. The fraction of sp³-hybridized carbons (Fsp3) is 0.600. The van der Waals surface area contributed by atoms with Crippen molar-refractivity contribution >= 4 is 21.7 Å². The molecular formula is C10H15N3O4S. The highest BCUT2D eigenvalue weighted by molar-refractivity contribution is 7.91. The number of amides is 2. The van der Waals surface area contributed by atoms with E-state index in [9.17, 15) is 13.2 Å². The van der Waals surface area contributed by atoms with Gasteiger partial charge in [-0.25, -0.2) is 13.2 Å². The van der Waals surface area contributed by atoms with Crippen LogP contribution in [0, 0.1) is 6.92 Å². The highest BCUT2D eigenvalue weighted by Crippen LogP contribution is 2.22. The Kier molecular flexibility index (Phi) is 3.05. The molecule has 7 nitrogen and oxygen atoms in total. The molecule has 1 saturated heterocycles. The monoisotopic (exact) mass is 273 g/mol. The molecule has 2 N–H and O–H groups in total. The van der Waals surface area contributed by atoms with Gasteiger partial charge in [-0.2, -0.15) is 0 Å². The maximum Gasteiger partial charge on any atom is 0.320 e. The second kappa shape index (κ2) is 4.27. The molecule has 100 valence electrons. The molecule has 0 aliphatic carbocycles. The summed E-state index contributed by atoms with van der Waals surface area (Å²) in [6.45, 7) is 3.42. The Bertz CT molecular complexity index is 565. The van der Waals surface area contributed by atoms with Gasteiger partial charge in [-0.15, -0.1) is 0 Å². The molecule has 0 aromatic carbocycles. The first-order chi connectivity index (χ1) is 8.28. The van der Waals surface area contributed by atoms with E-state index in [-0.39, 0.29) is 11.5 Å². The molecule has 1 aromatic rings. The van der Waals surface area contributed by atoms with E-state index in [1.54, 1.807) is 19.9 Å². The predicted molar refractivity (Wildman–Crippen MR) is 65.1 cm³/mol. The number of aromatic nitrogens is 1. The van der Waals surface area contributed by atoms with E-state index in [0.29, 0.717) is 18.0 Å². The molecule has 0 radical (unpaired) electrons. The third-order valence-corrected chi connectivity index (χ3v) is 4.69. The van der Waals surface area contributed by atoms with Gasteiger partial charge >= 0.3 is 6.03 Å². The van der Waals surface area contributed by atoms with Crippen LogP contribution < -0.4 is 10.6 Å². The summed E-state index contributed by atoms with van der Waals surface area (Å²) in [5.41, 5.74) is -0.721. The largest absolute Gasteiger partial charge is 0.360 e. The molecule has 8 heteroatoms. The van der Waals surface area contributed by atoms with Crippen LogP contribution in [0.25, 0.3) is 0 Å². The normalized spacial score (nSPS) is 25.9. The molecule has 0 bridgehead atoms. The number of carbonyl (C=O) groups excluding carboxylic acids is 1. The molecule has 1 aliphatic rings. The lowest BCUT2D eigenvalue weighted by Crippen LogP contribution is -2.48. The summed E-state index contributed by atoms with van der Waals surface area (Å²) in [6.07, 6.45) is 0.417. The smallest absolute Gasteiger partial charge is 0.320 e. The fourth-order valence-corrected chi connectivity index (χ4v) is 4.05. The molecule has 18 heavy (non-hydrogen) atoms. The summed E-state index contributed by atoms with van der Waals surface area (Å²) >= 11 is 0. The van der Waals surface area contributed by atoms with Crippen molar-refractivity contribution in [1.29, 1.82) is 0 Å². The number of urea groups is 1. The van der Waals surface area contributed by atoms with Gasteiger partial charge in [0.05, 0.1) is 17.0 Å². The summed E-state index contributed by atoms with van der Waals surface area (Å²) in [4.78, 5) is 11.7. The fourth-order valence-electron chi connectivity index (χ4n) is 1.96. The molecule has 1 fully saturated rings. The number of carbonyl (C=O) groups is 1. The minimum atomic E-state index is -3.04. The number of hydrogen-bond donors (Lipinski definition) is 2. The lowest BCUT2D eigenvalue weighted by atomic mass is 10.0. The van der Waals surface area contributed by atoms with Crippen LogP contribution in [-0.4, -0.2) is 36.7 Å². The van der Waals surface area contributed by atoms with Gasteiger partial charge in [-0.3, -0.25) is 5.32 Å². The zero-order chi connectivity index (χ0) is 13.4. The van der Waals surface area contributed by atoms with E-state index in [0.717, 1.165) is 0 Å². The van der Waals surface area contributed by atoms with Gasteiger partial charge in [0.1, 0.15) is 5.76 Å². The van der Waals surface area contributed by atoms with E-state index in [1.165, 1.54) is 0 Å². The van der Waals surface area contributed by atoms with E-state index < -0.39 is 21.4 Å². The zero-order valence-corrected chi connectivity index (χ0v) is 11.0. The average molecular weight is 273 g/mol. The van der Waals surface area contributed by atoms with Crippen molar-refractivity contribution in [2.24, 2.45) is 0 Å². The number of sulfone groups is 1. The summed E-state index contributed by atoms with van der Waals surface area (Å²) in [5.74, 6) is 0.951. The van der Waals surface area contributed by atoms with Gasteiger partial charge in [0.25, 0.3) is 0 Å². The minimum absolute atomic E-state index is 0.0364. The molecule has 2 amide bonds. The van der Waals surface area contributed by atoms with Crippen LogP contribution in [0.3, 0.4) is 0 Å². The van der Waals surface area contributed by atoms with Crippen molar-refractivity contribution in [2.45, 2.75) is 25.8 Å². The topological polar surface area (TPSA) is 101 Å². The Hall–Kier alpha value is -1.57. The van der Waals surface area contributed by atoms with Crippen molar-refractivity contribution in [3.8, 4) is 0 Å². The molecule has 1 unspecified atom stereocenters. The highest BCUT2D eigenvalue weighted by atomic mass is 32.2. The molecule has 2 rings (SSSR count). The van der Waals surface area contributed by atoms with E-state index in [1.807, 2.05) is 0 Å². The van der Waals surface area contributed by atoms with Crippen LogP contribution in [0.2, 0.25) is 0 Å². The van der Waals surface area contributed by atoms with Gasteiger partial charge in [0.15, 0.2) is 15.7 Å². The van der Waals surface area contributed by atoms with Crippen molar-refractivity contribution < 1.29 is 17.7 Å². The Morgan fingerprint density at radius 2 is 2.28 bits per heavy atom. The van der Waals surface area contributed by atoms with Crippen LogP contribution in [0.15, 0.2) is 10.6 Å². The van der Waals surface area contributed by atoms with Crippen LogP contribution in [-0.2, 0) is 9.84 Å². The quantitative estimate of drug-likeness (QED) is 0.825. The van der Waals surface area contributed by atoms with Gasteiger partial charge in [-0.1, -0.05) is 5.16 Å². The molecule has 1 aromatic heterocycles. The van der Waals surface area contributed by atoms with Crippen LogP contribution in [0.4, 0.5) is 10.6 Å². The molecular weight excluding hydrogens is 258 g/mol. The molecule has 1 aliphatic heterocycles. The second-order valence-electron chi connectivity index (χ2n) is 4.80. The third-order valence-electron chi connectivity index (χ3n) is 2.79. The molecule has 1 atom stereocenters. The number of anilines is 1.